The molecule has 0 heterocycles. The molecule has 1 aromatic rings. The number of nitrogens with one attached hydrogen (secondary N) is 1. The third kappa shape index (κ3) is 3.82. The van der Waals surface area contributed by atoms with Crippen LogP contribution >= 0.6 is 0 Å². The summed E-state index contributed by atoms with van der Waals surface area (Å²) < 4.78 is 22.5. The molecule has 0 radical (unpaired) electrons. The lowest BCUT2D eigenvalue weighted by Crippen LogP contribution is -2.39. The summed E-state index contributed by atoms with van der Waals surface area (Å²) in [7, 11) is -3.22. The van der Waals surface area contributed by atoms with Gasteiger partial charge in [-0.05, 0) is 30.2 Å². The van der Waals surface area contributed by atoms with Crippen LogP contribution in [0, 0.1) is 5.92 Å². The molecule has 0 aliphatic heterocycles. The van der Waals surface area contributed by atoms with E-state index >= 15 is 0 Å². The van der Waals surface area contributed by atoms with Gasteiger partial charge in [-0.25, -0.2) is 8.42 Å². The Bertz CT molecular complexity index is 521. The third-order valence-electron chi connectivity index (χ3n) is 2.57. The van der Waals surface area contributed by atoms with Gasteiger partial charge < -0.3 is 11.1 Å². The average Bonchev–Trinajstić information content (AvgIpc) is 2.27. The molecule has 18 heavy (non-hydrogen) atoms. The zero-order valence-corrected chi connectivity index (χ0v) is 11.5. The van der Waals surface area contributed by atoms with Gasteiger partial charge in [0.25, 0.3) is 0 Å². The van der Waals surface area contributed by atoms with Gasteiger partial charge in [-0.3, -0.25) is 4.79 Å². The molecule has 1 rings (SSSR count). The molecule has 1 aromatic carbocycles. The van der Waals surface area contributed by atoms with Crippen LogP contribution in [0.3, 0.4) is 0 Å². The summed E-state index contributed by atoms with van der Waals surface area (Å²) >= 11 is 0. The molecule has 1 atom stereocenters. The second kappa shape index (κ2) is 5.49. The second-order valence-corrected chi connectivity index (χ2v) is 6.57. The van der Waals surface area contributed by atoms with Crippen molar-refractivity contribution in [3.8, 4) is 0 Å². The molecular formula is C12H18N2O3S. The number of benzene rings is 1. The molecule has 1 unspecified atom stereocenters. The number of amides is 1. The molecule has 3 N–H and O–H groups in total. The first kappa shape index (κ1) is 14.7. The first-order chi connectivity index (χ1) is 8.21. The van der Waals surface area contributed by atoms with Gasteiger partial charge in [0.2, 0.25) is 5.91 Å². The third-order valence-corrected chi connectivity index (χ3v) is 3.70. The van der Waals surface area contributed by atoms with Crippen LogP contribution in [0.4, 0.5) is 5.69 Å². The molecule has 1 amide bonds. The van der Waals surface area contributed by atoms with Crippen molar-refractivity contribution >= 4 is 21.4 Å². The Hall–Kier alpha value is -1.40. The van der Waals surface area contributed by atoms with Crippen LogP contribution in [-0.4, -0.2) is 26.6 Å². The fraction of sp³-hybridized carbons (Fsp3) is 0.417. The lowest BCUT2D eigenvalue weighted by atomic mass is 10.1. The number of anilines is 1. The molecule has 100 valence electrons. The maximum absolute atomic E-state index is 11.7. The minimum atomic E-state index is -3.22. The van der Waals surface area contributed by atoms with Crippen LogP contribution < -0.4 is 11.1 Å². The van der Waals surface area contributed by atoms with E-state index in [0.717, 1.165) is 6.26 Å². The lowest BCUT2D eigenvalue weighted by molar-refractivity contribution is -0.118. The van der Waals surface area contributed by atoms with Crippen LogP contribution in [0.15, 0.2) is 29.2 Å². The van der Waals surface area contributed by atoms with Crippen LogP contribution in [0.1, 0.15) is 13.8 Å². The normalized spacial score (nSPS) is 13.4. The van der Waals surface area contributed by atoms with E-state index in [-0.39, 0.29) is 16.7 Å². The molecule has 0 bridgehead atoms. The van der Waals surface area contributed by atoms with Gasteiger partial charge in [0.1, 0.15) is 0 Å². The summed E-state index contributed by atoms with van der Waals surface area (Å²) in [6, 6.07) is 5.40. The van der Waals surface area contributed by atoms with Crippen molar-refractivity contribution in [1.82, 2.24) is 0 Å². The van der Waals surface area contributed by atoms with E-state index in [1.54, 1.807) is 12.1 Å². The van der Waals surface area contributed by atoms with Crippen LogP contribution in [-0.2, 0) is 14.6 Å². The Labute approximate surface area is 107 Å². The first-order valence-electron chi connectivity index (χ1n) is 5.58. The predicted octanol–water partition coefficient (Wildman–Crippen LogP) is 1.01. The van der Waals surface area contributed by atoms with Crippen LogP contribution in [0.25, 0.3) is 0 Å². The maximum atomic E-state index is 11.7. The van der Waals surface area contributed by atoms with E-state index < -0.39 is 15.9 Å². The summed E-state index contributed by atoms with van der Waals surface area (Å²) in [6.07, 6.45) is 1.13. The van der Waals surface area contributed by atoms with Crippen molar-refractivity contribution in [3.63, 3.8) is 0 Å². The Balaban J connectivity index is 2.79. The Morgan fingerprint density at radius 3 is 2.11 bits per heavy atom. The summed E-state index contributed by atoms with van der Waals surface area (Å²) in [5.41, 5.74) is 6.23. The van der Waals surface area contributed by atoms with Gasteiger partial charge in [0.15, 0.2) is 9.84 Å². The van der Waals surface area contributed by atoms with Crippen molar-refractivity contribution in [1.29, 1.82) is 0 Å². The lowest BCUT2D eigenvalue weighted by Gasteiger charge is -2.15. The second-order valence-electron chi connectivity index (χ2n) is 4.56. The Morgan fingerprint density at radius 1 is 1.22 bits per heavy atom. The SMILES string of the molecule is CC(C)C(N)C(=O)Nc1ccc(S(C)(=O)=O)cc1. The predicted molar refractivity (Wildman–Crippen MR) is 71.0 cm³/mol. The van der Waals surface area contributed by atoms with Gasteiger partial charge in [0.05, 0.1) is 10.9 Å². The average molecular weight is 270 g/mol. The molecule has 0 fully saturated rings. The van der Waals surface area contributed by atoms with Crippen molar-refractivity contribution in [2.75, 3.05) is 11.6 Å². The van der Waals surface area contributed by atoms with Gasteiger partial charge in [-0.2, -0.15) is 0 Å². The Kier molecular flexibility index (Phi) is 4.48. The maximum Gasteiger partial charge on any atom is 0.241 e. The standard InChI is InChI=1S/C12H18N2O3S/c1-8(2)11(13)12(15)14-9-4-6-10(7-5-9)18(3,16)17/h4-8,11H,13H2,1-3H3,(H,14,15). The van der Waals surface area contributed by atoms with Crippen molar-refractivity contribution in [3.05, 3.63) is 24.3 Å². The highest BCUT2D eigenvalue weighted by Gasteiger charge is 2.17. The molecular weight excluding hydrogens is 252 g/mol. The number of sulfone groups is 1. The highest BCUT2D eigenvalue weighted by molar-refractivity contribution is 7.90. The Morgan fingerprint density at radius 2 is 1.72 bits per heavy atom. The molecule has 5 nitrogen and oxygen atoms in total. The van der Waals surface area contributed by atoms with Gasteiger partial charge >= 0.3 is 0 Å². The summed E-state index contributed by atoms with van der Waals surface area (Å²) in [6.45, 7) is 3.72. The minimum Gasteiger partial charge on any atom is -0.325 e. The highest BCUT2D eigenvalue weighted by atomic mass is 32.2. The fourth-order valence-corrected chi connectivity index (χ4v) is 1.94. The topological polar surface area (TPSA) is 89.3 Å². The molecule has 0 aliphatic carbocycles. The van der Waals surface area contributed by atoms with Gasteiger partial charge in [0, 0.05) is 11.9 Å². The molecule has 0 spiro atoms. The fourth-order valence-electron chi connectivity index (χ4n) is 1.31. The van der Waals surface area contributed by atoms with Gasteiger partial charge in [-0.1, -0.05) is 13.8 Å². The largest absolute Gasteiger partial charge is 0.325 e. The van der Waals surface area contributed by atoms with E-state index in [1.807, 2.05) is 13.8 Å². The van der Waals surface area contributed by atoms with E-state index in [1.165, 1.54) is 12.1 Å². The van der Waals surface area contributed by atoms with Crippen LogP contribution in [0.2, 0.25) is 0 Å². The van der Waals surface area contributed by atoms with Crippen molar-refractivity contribution < 1.29 is 13.2 Å². The van der Waals surface area contributed by atoms with Crippen LogP contribution in [0.5, 0.6) is 0 Å². The summed E-state index contributed by atoms with van der Waals surface area (Å²) in [4.78, 5) is 11.9. The van der Waals surface area contributed by atoms with E-state index in [9.17, 15) is 13.2 Å². The number of carbonyl (C=O) groups is 1. The molecule has 0 saturated carbocycles. The number of carbonyl (C=O) groups excluding carboxylic acids is 1. The van der Waals surface area contributed by atoms with Gasteiger partial charge in [-0.15, -0.1) is 0 Å². The quantitative estimate of drug-likeness (QED) is 0.854. The van der Waals surface area contributed by atoms with Crippen molar-refractivity contribution in [2.24, 2.45) is 11.7 Å². The zero-order valence-electron chi connectivity index (χ0n) is 10.7. The first-order valence-corrected chi connectivity index (χ1v) is 7.47. The van der Waals surface area contributed by atoms with E-state index in [4.69, 9.17) is 5.73 Å². The number of nitrogens with two attached hydrogens (primary N) is 1. The molecule has 0 aliphatic rings. The van der Waals surface area contributed by atoms with E-state index in [2.05, 4.69) is 5.32 Å². The summed E-state index contributed by atoms with van der Waals surface area (Å²) in [5.74, 6) is -0.239. The molecule has 6 heteroatoms. The number of hydrogen-bond donors (Lipinski definition) is 2. The highest BCUT2D eigenvalue weighted by Crippen LogP contribution is 2.14. The monoisotopic (exact) mass is 270 g/mol. The van der Waals surface area contributed by atoms with Crippen molar-refractivity contribution in [2.45, 2.75) is 24.8 Å². The minimum absolute atomic E-state index is 0.0419. The summed E-state index contributed by atoms with van der Waals surface area (Å²) in [5, 5.41) is 2.64. The zero-order chi connectivity index (χ0) is 13.9. The molecule has 0 saturated heterocycles. The number of hydrogen-bond acceptors (Lipinski definition) is 4. The van der Waals surface area contributed by atoms with E-state index in [0.29, 0.717) is 5.69 Å². The smallest absolute Gasteiger partial charge is 0.241 e. The number of rotatable bonds is 4. The molecule has 0 aromatic heterocycles.